The van der Waals surface area contributed by atoms with Crippen molar-refractivity contribution < 1.29 is 9.53 Å². The molecule has 5 heteroatoms. The molecule has 2 fully saturated rings. The van der Waals surface area contributed by atoms with Crippen LogP contribution in [0.3, 0.4) is 0 Å². The van der Waals surface area contributed by atoms with Crippen LogP contribution in [-0.2, 0) is 11.2 Å². The molecule has 1 aromatic heterocycles. The molecule has 0 N–H and O–H groups in total. The summed E-state index contributed by atoms with van der Waals surface area (Å²) in [5.74, 6) is 1.06. The molecule has 2 heterocycles. The molecule has 1 saturated heterocycles. The van der Waals surface area contributed by atoms with Crippen molar-refractivity contribution in [1.29, 1.82) is 0 Å². The van der Waals surface area contributed by atoms with Gasteiger partial charge in [0.15, 0.2) is 0 Å². The molecule has 1 aromatic carbocycles. The van der Waals surface area contributed by atoms with Gasteiger partial charge in [0.2, 0.25) is 0 Å². The summed E-state index contributed by atoms with van der Waals surface area (Å²) in [5, 5.41) is 0. The molecular formula is C21H25N3O2. The van der Waals surface area contributed by atoms with E-state index in [-0.39, 0.29) is 12.0 Å². The van der Waals surface area contributed by atoms with Gasteiger partial charge in [0.25, 0.3) is 5.91 Å². The summed E-state index contributed by atoms with van der Waals surface area (Å²) in [7, 11) is 0. The summed E-state index contributed by atoms with van der Waals surface area (Å²) < 4.78 is 6.26. The van der Waals surface area contributed by atoms with Crippen LogP contribution in [0, 0.1) is 11.8 Å². The van der Waals surface area contributed by atoms with E-state index in [1.54, 1.807) is 12.3 Å². The second-order valence-corrected chi connectivity index (χ2v) is 7.40. The summed E-state index contributed by atoms with van der Waals surface area (Å²) in [6.07, 6.45) is 7.70. The first-order valence-electron chi connectivity index (χ1n) is 9.50. The third kappa shape index (κ3) is 4.28. The van der Waals surface area contributed by atoms with Crippen molar-refractivity contribution in [2.75, 3.05) is 19.7 Å². The van der Waals surface area contributed by atoms with Crippen molar-refractivity contribution in [3.8, 4) is 0 Å². The van der Waals surface area contributed by atoms with Gasteiger partial charge in [-0.05, 0) is 43.2 Å². The Hall–Kier alpha value is -2.27. The zero-order chi connectivity index (χ0) is 17.8. The second kappa shape index (κ2) is 7.96. The van der Waals surface area contributed by atoms with Gasteiger partial charge in [0, 0.05) is 31.8 Å². The summed E-state index contributed by atoms with van der Waals surface area (Å²) in [5.41, 5.74) is 1.77. The number of likely N-dealkylation sites (tertiary alicyclic amines) is 1. The van der Waals surface area contributed by atoms with Crippen molar-refractivity contribution in [3.05, 3.63) is 60.2 Å². The smallest absolute Gasteiger partial charge is 0.272 e. The molecule has 0 unspecified atom stereocenters. The predicted octanol–water partition coefficient (Wildman–Crippen LogP) is 2.98. The van der Waals surface area contributed by atoms with E-state index in [0.717, 1.165) is 31.9 Å². The lowest BCUT2D eigenvalue weighted by molar-refractivity contribution is -0.0327. The Morgan fingerprint density at radius 2 is 2.00 bits per heavy atom. The maximum atomic E-state index is 12.8. The third-order valence-corrected chi connectivity index (χ3v) is 5.34. The zero-order valence-corrected chi connectivity index (χ0v) is 15.0. The lowest BCUT2D eigenvalue weighted by Crippen LogP contribution is -2.48. The van der Waals surface area contributed by atoms with Crippen LogP contribution in [0.4, 0.5) is 0 Å². The molecule has 136 valence electrons. The summed E-state index contributed by atoms with van der Waals surface area (Å²) in [6.45, 7) is 2.31. The number of hydrogen-bond acceptors (Lipinski definition) is 4. The normalized spacial score (nSPS) is 23.0. The average Bonchev–Trinajstić information content (AvgIpc) is 3.52. The SMILES string of the molecule is O=C(c1ccncn1)N1CC[C@@H](OCC2CC2)[C@H](Cc2ccccc2)C1. The molecule has 0 spiro atoms. The van der Waals surface area contributed by atoms with E-state index in [1.165, 1.54) is 24.7 Å². The molecule has 0 radical (unpaired) electrons. The second-order valence-electron chi connectivity index (χ2n) is 7.40. The molecule has 2 atom stereocenters. The molecule has 1 aliphatic carbocycles. The fourth-order valence-electron chi connectivity index (χ4n) is 3.65. The van der Waals surface area contributed by atoms with E-state index >= 15 is 0 Å². The summed E-state index contributed by atoms with van der Waals surface area (Å²) in [4.78, 5) is 22.7. The number of hydrogen-bond donors (Lipinski definition) is 0. The van der Waals surface area contributed by atoms with E-state index in [9.17, 15) is 4.79 Å². The topological polar surface area (TPSA) is 55.3 Å². The monoisotopic (exact) mass is 351 g/mol. The van der Waals surface area contributed by atoms with Gasteiger partial charge in [0.05, 0.1) is 6.10 Å². The van der Waals surface area contributed by atoms with Crippen molar-refractivity contribution >= 4 is 5.91 Å². The molecule has 1 amide bonds. The number of amides is 1. The molecule has 0 bridgehead atoms. The Kier molecular flexibility index (Phi) is 5.25. The van der Waals surface area contributed by atoms with Crippen LogP contribution in [0.15, 0.2) is 48.9 Å². The maximum absolute atomic E-state index is 12.8. The Morgan fingerprint density at radius 1 is 1.15 bits per heavy atom. The number of nitrogens with zero attached hydrogens (tertiary/aromatic N) is 3. The predicted molar refractivity (Wildman–Crippen MR) is 98.7 cm³/mol. The van der Waals surface area contributed by atoms with Gasteiger partial charge in [-0.15, -0.1) is 0 Å². The molecule has 1 saturated carbocycles. The highest BCUT2D eigenvalue weighted by Crippen LogP contribution is 2.32. The maximum Gasteiger partial charge on any atom is 0.272 e. The Labute approximate surface area is 154 Å². The van der Waals surface area contributed by atoms with E-state index in [0.29, 0.717) is 18.2 Å². The standard InChI is InChI=1S/C21H25N3O2/c25-21(19-8-10-22-15-23-19)24-11-9-20(26-14-17-6-7-17)18(13-24)12-16-4-2-1-3-5-16/h1-5,8,10,15,17-18,20H,6-7,9,11-14H2/t18-,20-/m1/s1. The number of aromatic nitrogens is 2. The number of piperidine rings is 1. The molecule has 4 rings (SSSR count). The fourth-order valence-corrected chi connectivity index (χ4v) is 3.65. The average molecular weight is 351 g/mol. The zero-order valence-electron chi connectivity index (χ0n) is 15.0. The van der Waals surface area contributed by atoms with Gasteiger partial charge in [-0.3, -0.25) is 4.79 Å². The van der Waals surface area contributed by atoms with Gasteiger partial charge in [-0.2, -0.15) is 0 Å². The van der Waals surface area contributed by atoms with Crippen LogP contribution >= 0.6 is 0 Å². The van der Waals surface area contributed by atoms with Crippen LogP contribution in [0.25, 0.3) is 0 Å². The number of ether oxygens (including phenoxy) is 1. The van der Waals surface area contributed by atoms with Crippen LogP contribution < -0.4 is 0 Å². The highest BCUT2D eigenvalue weighted by molar-refractivity contribution is 5.92. The quantitative estimate of drug-likeness (QED) is 0.803. The van der Waals surface area contributed by atoms with Gasteiger partial charge in [-0.1, -0.05) is 30.3 Å². The van der Waals surface area contributed by atoms with Gasteiger partial charge in [0.1, 0.15) is 12.0 Å². The van der Waals surface area contributed by atoms with Crippen LogP contribution in [0.5, 0.6) is 0 Å². The van der Waals surface area contributed by atoms with E-state index in [1.807, 2.05) is 11.0 Å². The number of carbonyl (C=O) groups is 1. The van der Waals surface area contributed by atoms with Crippen molar-refractivity contribution in [1.82, 2.24) is 14.9 Å². The van der Waals surface area contributed by atoms with E-state index in [4.69, 9.17) is 4.74 Å². The number of carbonyl (C=O) groups excluding carboxylic acids is 1. The first-order valence-corrected chi connectivity index (χ1v) is 9.50. The molecule has 1 aliphatic heterocycles. The molecule has 5 nitrogen and oxygen atoms in total. The lowest BCUT2D eigenvalue weighted by atomic mass is 9.88. The van der Waals surface area contributed by atoms with Gasteiger partial charge in [-0.25, -0.2) is 9.97 Å². The van der Waals surface area contributed by atoms with Gasteiger partial charge >= 0.3 is 0 Å². The van der Waals surface area contributed by atoms with Crippen LogP contribution in [0.1, 0.15) is 35.3 Å². The Bertz CT molecular complexity index is 719. The first-order chi connectivity index (χ1) is 12.8. The van der Waals surface area contributed by atoms with Crippen molar-refractivity contribution in [2.45, 2.75) is 31.8 Å². The Morgan fingerprint density at radius 3 is 2.73 bits per heavy atom. The lowest BCUT2D eigenvalue weighted by Gasteiger charge is -2.38. The first kappa shape index (κ1) is 17.2. The largest absolute Gasteiger partial charge is 0.377 e. The van der Waals surface area contributed by atoms with Crippen LogP contribution in [-0.4, -0.2) is 46.6 Å². The van der Waals surface area contributed by atoms with E-state index < -0.39 is 0 Å². The number of benzene rings is 1. The molecule has 2 aliphatic rings. The Balaban J connectivity index is 1.45. The molecule has 26 heavy (non-hydrogen) atoms. The van der Waals surface area contributed by atoms with Crippen LogP contribution in [0.2, 0.25) is 0 Å². The number of rotatable bonds is 6. The minimum absolute atomic E-state index is 0.00824. The third-order valence-electron chi connectivity index (χ3n) is 5.34. The minimum atomic E-state index is -0.00824. The highest BCUT2D eigenvalue weighted by Gasteiger charge is 2.34. The highest BCUT2D eigenvalue weighted by atomic mass is 16.5. The van der Waals surface area contributed by atoms with Crippen molar-refractivity contribution in [3.63, 3.8) is 0 Å². The van der Waals surface area contributed by atoms with E-state index in [2.05, 4.69) is 34.2 Å². The molecule has 2 aromatic rings. The fraction of sp³-hybridized carbons (Fsp3) is 0.476. The summed E-state index contributed by atoms with van der Waals surface area (Å²) >= 11 is 0. The molecular weight excluding hydrogens is 326 g/mol. The van der Waals surface area contributed by atoms with Gasteiger partial charge < -0.3 is 9.64 Å². The summed E-state index contributed by atoms with van der Waals surface area (Å²) in [6, 6.07) is 12.2. The minimum Gasteiger partial charge on any atom is -0.377 e. The van der Waals surface area contributed by atoms with Crippen molar-refractivity contribution in [2.24, 2.45) is 11.8 Å².